The van der Waals surface area contributed by atoms with E-state index < -0.39 is 17.2 Å². The zero-order chi connectivity index (χ0) is 20.8. The second kappa shape index (κ2) is 6.91. The van der Waals surface area contributed by atoms with Crippen molar-refractivity contribution in [3.05, 3.63) is 106 Å². The van der Waals surface area contributed by atoms with E-state index in [0.29, 0.717) is 23.0 Å². The van der Waals surface area contributed by atoms with Crippen LogP contribution in [0, 0.1) is 11.6 Å². The standard InChI is InChI=1S/C24H17F2N3O/c1-14-8-17-9-15(6-7-21(17)28-14)16-10-19(25)18(20(26)11-16)13-29-23-5-3-2-4-22(23)27-12-24(29)30/h2-7,9-12,28H,1,8,13H2. The average Bonchev–Trinajstić information content (AvgIpc) is 3.11. The van der Waals surface area contributed by atoms with Crippen LogP contribution in [0.15, 0.2) is 77.9 Å². The fourth-order valence-corrected chi connectivity index (χ4v) is 3.86. The number of nitrogens with one attached hydrogen (secondary N) is 1. The Kier molecular flexibility index (Phi) is 4.20. The van der Waals surface area contributed by atoms with Crippen molar-refractivity contribution in [1.82, 2.24) is 9.55 Å². The van der Waals surface area contributed by atoms with Gasteiger partial charge in [0, 0.05) is 23.4 Å². The van der Waals surface area contributed by atoms with Gasteiger partial charge in [-0.25, -0.2) is 13.8 Å². The molecule has 0 fully saturated rings. The van der Waals surface area contributed by atoms with Crippen LogP contribution >= 0.6 is 0 Å². The summed E-state index contributed by atoms with van der Waals surface area (Å²) in [4.78, 5) is 16.4. The minimum absolute atomic E-state index is 0.159. The highest BCUT2D eigenvalue weighted by molar-refractivity contribution is 5.74. The van der Waals surface area contributed by atoms with Crippen molar-refractivity contribution >= 4 is 16.7 Å². The van der Waals surface area contributed by atoms with Crippen LogP contribution in [0.2, 0.25) is 0 Å². The molecule has 4 nitrogen and oxygen atoms in total. The van der Waals surface area contributed by atoms with Crippen LogP contribution in [-0.4, -0.2) is 9.55 Å². The van der Waals surface area contributed by atoms with E-state index in [1.54, 1.807) is 24.3 Å². The van der Waals surface area contributed by atoms with Crippen LogP contribution in [0.1, 0.15) is 11.1 Å². The van der Waals surface area contributed by atoms with Crippen molar-refractivity contribution in [3.63, 3.8) is 0 Å². The minimum atomic E-state index is -0.694. The van der Waals surface area contributed by atoms with Gasteiger partial charge in [-0.05, 0) is 53.1 Å². The summed E-state index contributed by atoms with van der Waals surface area (Å²) >= 11 is 0. The number of para-hydroxylation sites is 2. The monoisotopic (exact) mass is 401 g/mol. The Hall–Kier alpha value is -3.80. The predicted molar refractivity (Wildman–Crippen MR) is 113 cm³/mol. The first-order chi connectivity index (χ1) is 14.5. The smallest absolute Gasteiger partial charge is 0.269 e. The fraction of sp³-hybridized carbons (Fsp3) is 0.0833. The molecule has 6 heteroatoms. The normalized spacial score (nSPS) is 12.8. The number of nitrogens with zero attached hydrogens (tertiary/aromatic N) is 2. The lowest BCUT2D eigenvalue weighted by atomic mass is 9.99. The molecule has 4 aromatic rings. The van der Waals surface area contributed by atoms with E-state index in [4.69, 9.17) is 0 Å². The van der Waals surface area contributed by atoms with Crippen molar-refractivity contribution in [1.29, 1.82) is 0 Å². The lowest BCUT2D eigenvalue weighted by Crippen LogP contribution is -2.22. The minimum Gasteiger partial charge on any atom is -0.359 e. The number of halogens is 2. The Morgan fingerprint density at radius 3 is 2.60 bits per heavy atom. The number of rotatable bonds is 3. The molecular formula is C24H17F2N3O. The number of anilines is 1. The molecular weight excluding hydrogens is 384 g/mol. The Bertz CT molecular complexity index is 1370. The van der Waals surface area contributed by atoms with Gasteiger partial charge in [-0.2, -0.15) is 0 Å². The Morgan fingerprint density at radius 1 is 1.03 bits per heavy atom. The van der Waals surface area contributed by atoms with Crippen molar-refractivity contribution in [2.75, 3.05) is 5.32 Å². The fourth-order valence-electron chi connectivity index (χ4n) is 3.86. The summed E-state index contributed by atoms with van der Waals surface area (Å²) in [5.41, 5.74) is 4.60. The van der Waals surface area contributed by atoms with Crippen molar-refractivity contribution in [3.8, 4) is 11.1 Å². The van der Waals surface area contributed by atoms with Gasteiger partial charge in [-0.15, -0.1) is 0 Å². The largest absolute Gasteiger partial charge is 0.359 e. The van der Waals surface area contributed by atoms with Gasteiger partial charge in [-0.1, -0.05) is 24.8 Å². The molecule has 3 aromatic carbocycles. The molecule has 5 rings (SSSR count). The molecule has 1 N–H and O–H groups in total. The molecule has 0 saturated carbocycles. The third-order valence-electron chi connectivity index (χ3n) is 5.36. The van der Waals surface area contributed by atoms with E-state index in [1.165, 1.54) is 22.9 Å². The Morgan fingerprint density at radius 2 is 1.80 bits per heavy atom. The number of aromatic nitrogens is 2. The highest BCUT2D eigenvalue weighted by atomic mass is 19.1. The number of fused-ring (bicyclic) bond motifs is 2. The summed E-state index contributed by atoms with van der Waals surface area (Å²) in [5.74, 6) is -1.39. The van der Waals surface area contributed by atoms with E-state index in [-0.39, 0.29) is 12.1 Å². The average molecular weight is 401 g/mol. The summed E-state index contributed by atoms with van der Waals surface area (Å²) in [5, 5.41) is 3.17. The summed E-state index contributed by atoms with van der Waals surface area (Å²) < 4.78 is 31.2. The number of benzene rings is 3. The molecule has 0 unspecified atom stereocenters. The quantitative estimate of drug-likeness (QED) is 0.533. The third-order valence-corrected chi connectivity index (χ3v) is 5.36. The molecule has 0 amide bonds. The summed E-state index contributed by atoms with van der Waals surface area (Å²) in [6, 6.07) is 15.2. The molecule has 0 radical (unpaired) electrons. The second-order valence-corrected chi connectivity index (χ2v) is 7.37. The molecule has 0 atom stereocenters. The molecule has 0 spiro atoms. The van der Waals surface area contributed by atoms with Gasteiger partial charge in [0.2, 0.25) is 0 Å². The zero-order valence-electron chi connectivity index (χ0n) is 16.0. The van der Waals surface area contributed by atoms with Crippen LogP contribution in [0.5, 0.6) is 0 Å². The molecule has 2 heterocycles. The van der Waals surface area contributed by atoms with E-state index in [9.17, 15) is 13.6 Å². The Labute approximate surface area is 171 Å². The maximum absolute atomic E-state index is 15.0. The van der Waals surface area contributed by atoms with Crippen LogP contribution in [0.4, 0.5) is 14.5 Å². The van der Waals surface area contributed by atoms with Crippen LogP contribution < -0.4 is 10.9 Å². The van der Waals surface area contributed by atoms with E-state index in [0.717, 1.165) is 22.5 Å². The summed E-state index contributed by atoms with van der Waals surface area (Å²) in [6.45, 7) is 3.70. The molecule has 30 heavy (non-hydrogen) atoms. The van der Waals surface area contributed by atoms with Gasteiger partial charge in [0.05, 0.1) is 23.8 Å². The zero-order valence-corrected chi connectivity index (χ0v) is 16.0. The SMILES string of the molecule is C=C1Cc2cc(-c3cc(F)c(Cn4c(=O)cnc5ccccc54)c(F)c3)ccc2N1. The van der Waals surface area contributed by atoms with Crippen molar-refractivity contribution in [2.45, 2.75) is 13.0 Å². The van der Waals surface area contributed by atoms with E-state index >= 15 is 0 Å². The molecule has 1 aromatic heterocycles. The number of hydrogen-bond donors (Lipinski definition) is 1. The number of allylic oxidation sites excluding steroid dienone is 1. The van der Waals surface area contributed by atoms with Gasteiger partial charge >= 0.3 is 0 Å². The highest BCUT2D eigenvalue weighted by Gasteiger charge is 2.17. The molecule has 0 saturated heterocycles. The van der Waals surface area contributed by atoms with Crippen LogP contribution in [0.3, 0.4) is 0 Å². The van der Waals surface area contributed by atoms with Crippen molar-refractivity contribution in [2.24, 2.45) is 0 Å². The van der Waals surface area contributed by atoms with Crippen LogP contribution in [0.25, 0.3) is 22.2 Å². The second-order valence-electron chi connectivity index (χ2n) is 7.37. The molecule has 148 valence electrons. The summed E-state index contributed by atoms with van der Waals surface area (Å²) in [7, 11) is 0. The first kappa shape index (κ1) is 18.2. The van der Waals surface area contributed by atoms with Gasteiger partial charge in [0.1, 0.15) is 11.6 Å². The molecule has 0 aliphatic carbocycles. The van der Waals surface area contributed by atoms with Gasteiger partial charge in [-0.3, -0.25) is 4.79 Å². The molecule has 1 aliphatic rings. The van der Waals surface area contributed by atoms with Gasteiger partial charge < -0.3 is 9.88 Å². The van der Waals surface area contributed by atoms with E-state index in [1.807, 2.05) is 18.2 Å². The van der Waals surface area contributed by atoms with Crippen LogP contribution in [-0.2, 0) is 13.0 Å². The maximum atomic E-state index is 15.0. The van der Waals surface area contributed by atoms with Gasteiger partial charge in [0.25, 0.3) is 5.56 Å². The molecule has 0 bridgehead atoms. The number of hydrogen-bond acceptors (Lipinski definition) is 3. The predicted octanol–water partition coefficient (Wildman–Crippen LogP) is 4.87. The first-order valence-electron chi connectivity index (χ1n) is 9.50. The lowest BCUT2D eigenvalue weighted by molar-refractivity contribution is 0.545. The van der Waals surface area contributed by atoms with Gasteiger partial charge in [0.15, 0.2) is 0 Å². The summed E-state index contributed by atoms with van der Waals surface area (Å²) in [6.07, 6.45) is 1.85. The van der Waals surface area contributed by atoms with E-state index in [2.05, 4.69) is 16.9 Å². The lowest BCUT2D eigenvalue weighted by Gasteiger charge is -2.13. The third kappa shape index (κ3) is 3.06. The Balaban J connectivity index is 1.55. The highest BCUT2D eigenvalue weighted by Crippen LogP contribution is 2.33. The van der Waals surface area contributed by atoms with Crippen molar-refractivity contribution < 1.29 is 8.78 Å². The molecule has 1 aliphatic heterocycles. The maximum Gasteiger partial charge on any atom is 0.269 e. The first-order valence-corrected chi connectivity index (χ1v) is 9.50. The topological polar surface area (TPSA) is 46.9 Å².